The van der Waals surface area contributed by atoms with E-state index in [0.29, 0.717) is 40.9 Å². The predicted octanol–water partition coefficient (Wildman–Crippen LogP) is 4.87. The summed E-state index contributed by atoms with van der Waals surface area (Å²) in [5.41, 5.74) is 0.225. The summed E-state index contributed by atoms with van der Waals surface area (Å²) in [7, 11) is 1.34. The van der Waals surface area contributed by atoms with Crippen LogP contribution in [0.2, 0.25) is 0 Å². The number of fused-ring (bicyclic) bond motifs is 2. The van der Waals surface area contributed by atoms with Crippen molar-refractivity contribution in [2.75, 3.05) is 25.2 Å². The first-order chi connectivity index (χ1) is 17.5. The Morgan fingerprint density at radius 3 is 2.49 bits per heavy atom. The van der Waals surface area contributed by atoms with E-state index in [1.165, 1.54) is 18.4 Å². The van der Waals surface area contributed by atoms with E-state index in [1.54, 1.807) is 11.0 Å². The van der Waals surface area contributed by atoms with E-state index in [0.717, 1.165) is 32.1 Å². The number of rotatable bonds is 6. The summed E-state index contributed by atoms with van der Waals surface area (Å²) in [6, 6.07) is 1.15. The predicted molar refractivity (Wildman–Crippen MR) is 145 cm³/mol. The van der Waals surface area contributed by atoms with Crippen molar-refractivity contribution in [1.82, 2.24) is 4.90 Å². The summed E-state index contributed by atoms with van der Waals surface area (Å²) >= 11 is 1.22. The molecule has 2 saturated heterocycles. The van der Waals surface area contributed by atoms with Crippen molar-refractivity contribution in [3.8, 4) is 11.8 Å². The van der Waals surface area contributed by atoms with Crippen LogP contribution in [0.3, 0.4) is 0 Å². The molecule has 3 aliphatic rings. The summed E-state index contributed by atoms with van der Waals surface area (Å²) in [5, 5.41) is 0. The van der Waals surface area contributed by atoms with Gasteiger partial charge < -0.3 is 14.4 Å². The Bertz CT molecular complexity index is 1090. The van der Waals surface area contributed by atoms with Crippen molar-refractivity contribution >= 4 is 34.8 Å². The van der Waals surface area contributed by atoms with E-state index in [9.17, 15) is 14.4 Å². The van der Waals surface area contributed by atoms with Gasteiger partial charge in [-0.05, 0) is 71.3 Å². The molecule has 3 unspecified atom stereocenters. The van der Waals surface area contributed by atoms with Gasteiger partial charge in [-0.2, -0.15) is 0 Å². The van der Waals surface area contributed by atoms with Crippen molar-refractivity contribution in [1.29, 1.82) is 0 Å². The van der Waals surface area contributed by atoms with Gasteiger partial charge in [-0.15, -0.1) is 11.3 Å². The molecule has 3 fully saturated rings. The van der Waals surface area contributed by atoms with Crippen LogP contribution in [0.15, 0.2) is 6.07 Å². The normalized spacial score (nSPS) is 25.8. The maximum atomic E-state index is 14.2. The van der Waals surface area contributed by atoms with Crippen molar-refractivity contribution < 1.29 is 23.9 Å². The number of anilines is 1. The summed E-state index contributed by atoms with van der Waals surface area (Å²) in [6.07, 6.45) is 4.91. The third-order valence-electron chi connectivity index (χ3n) is 7.67. The fourth-order valence-electron chi connectivity index (χ4n) is 5.58. The topological polar surface area (TPSA) is 76.2 Å². The molecule has 1 aromatic rings. The van der Waals surface area contributed by atoms with Crippen molar-refractivity contribution in [2.45, 2.75) is 91.3 Å². The number of amides is 2. The number of likely N-dealkylation sites (tertiary alicyclic amines) is 1. The van der Waals surface area contributed by atoms with Gasteiger partial charge in [0.1, 0.15) is 10.9 Å². The molecule has 0 aromatic carbocycles. The Hall–Kier alpha value is -2.37. The third-order valence-corrected chi connectivity index (χ3v) is 8.69. The second-order valence-electron chi connectivity index (χ2n) is 11.7. The zero-order valence-electron chi connectivity index (χ0n) is 23.0. The van der Waals surface area contributed by atoms with Gasteiger partial charge in [0.05, 0.1) is 36.4 Å². The van der Waals surface area contributed by atoms with Crippen molar-refractivity contribution in [3.05, 3.63) is 15.8 Å². The molecule has 2 amide bonds. The van der Waals surface area contributed by atoms with E-state index in [1.807, 2.05) is 32.6 Å². The molecule has 8 heteroatoms. The highest BCUT2D eigenvalue weighted by molar-refractivity contribution is 7.15. The SMILES string of the molecule is CCC(C(=O)N1CC2CC1CO2)N(C(=O)C1CCC(C)CC1)c1cc(C#CC(C)(C)C)sc1C(=O)OC. The molecule has 7 nitrogen and oxygen atoms in total. The molecule has 2 aliphatic heterocycles. The quantitative estimate of drug-likeness (QED) is 0.389. The molecule has 3 atom stereocenters. The molecule has 2 bridgehead atoms. The standard InChI is InChI=1S/C29H40N2O5S/c1-7-23(27(33)30-16-21-14-20(30)17-36-21)31(26(32)19-10-8-18(2)9-11-19)24-15-22(12-13-29(3,4)5)37-25(24)28(34)35-6/h15,18-21,23H,7-11,14,16-17H2,1-6H3. The van der Waals surface area contributed by atoms with Crippen LogP contribution < -0.4 is 4.90 Å². The average Bonchev–Trinajstić information content (AvgIpc) is 3.61. The molecular weight excluding hydrogens is 488 g/mol. The van der Waals surface area contributed by atoms with Crippen molar-refractivity contribution in [3.63, 3.8) is 0 Å². The first-order valence-corrected chi connectivity index (χ1v) is 14.3. The molecule has 4 rings (SSSR count). The van der Waals surface area contributed by atoms with Crippen LogP contribution in [-0.4, -0.2) is 61.1 Å². The van der Waals surface area contributed by atoms with E-state index in [2.05, 4.69) is 18.8 Å². The van der Waals surface area contributed by atoms with Crippen LogP contribution in [0, 0.1) is 29.1 Å². The number of thiophene rings is 1. The Morgan fingerprint density at radius 2 is 1.95 bits per heavy atom. The van der Waals surface area contributed by atoms with Gasteiger partial charge in [-0.3, -0.25) is 14.5 Å². The summed E-state index contributed by atoms with van der Waals surface area (Å²) in [6.45, 7) is 11.3. The van der Waals surface area contributed by atoms with Crippen LogP contribution in [-0.2, 0) is 19.1 Å². The molecule has 0 spiro atoms. The van der Waals surface area contributed by atoms with Gasteiger partial charge in [0.25, 0.3) is 0 Å². The van der Waals surface area contributed by atoms with E-state index >= 15 is 0 Å². The Kier molecular flexibility index (Phi) is 8.35. The average molecular weight is 529 g/mol. The van der Waals surface area contributed by atoms with Crippen LogP contribution in [0.5, 0.6) is 0 Å². The second-order valence-corrected chi connectivity index (χ2v) is 12.8. The molecule has 37 heavy (non-hydrogen) atoms. The Labute approximate surface area is 224 Å². The number of hydrogen-bond donors (Lipinski definition) is 0. The second kappa shape index (κ2) is 11.2. The number of ether oxygens (including phenoxy) is 2. The number of carbonyl (C=O) groups excluding carboxylic acids is 3. The molecule has 1 aliphatic carbocycles. The lowest BCUT2D eigenvalue weighted by molar-refractivity contribution is -0.139. The van der Waals surface area contributed by atoms with Gasteiger partial charge in [-0.25, -0.2) is 4.79 Å². The Balaban J connectivity index is 1.77. The minimum Gasteiger partial charge on any atom is -0.465 e. The van der Waals surface area contributed by atoms with Gasteiger partial charge in [-0.1, -0.05) is 25.7 Å². The highest BCUT2D eigenvalue weighted by Crippen LogP contribution is 2.38. The van der Waals surface area contributed by atoms with Gasteiger partial charge in [0.2, 0.25) is 11.8 Å². The fraction of sp³-hybridized carbons (Fsp3) is 0.690. The monoisotopic (exact) mass is 528 g/mol. The number of methoxy groups -OCH3 is 1. The van der Waals surface area contributed by atoms with Crippen LogP contribution in [0.1, 0.15) is 87.7 Å². The minimum atomic E-state index is -0.701. The zero-order chi connectivity index (χ0) is 26.9. The first kappa shape index (κ1) is 27.7. The van der Waals surface area contributed by atoms with E-state index in [4.69, 9.17) is 9.47 Å². The lowest BCUT2D eigenvalue weighted by Crippen LogP contribution is -2.55. The molecule has 3 heterocycles. The smallest absolute Gasteiger partial charge is 0.350 e. The number of esters is 1. The zero-order valence-corrected chi connectivity index (χ0v) is 23.8. The lowest BCUT2D eigenvalue weighted by Gasteiger charge is -2.38. The molecular formula is C29H40N2O5S. The molecule has 202 valence electrons. The maximum absolute atomic E-state index is 14.2. The molecule has 1 saturated carbocycles. The fourth-order valence-corrected chi connectivity index (χ4v) is 6.50. The van der Waals surface area contributed by atoms with Crippen LogP contribution in [0.4, 0.5) is 5.69 Å². The summed E-state index contributed by atoms with van der Waals surface area (Å²) in [4.78, 5) is 45.6. The maximum Gasteiger partial charge on any atom is 0.350 e. The number of hydrogen-bond acceptors (Lipinski definition) is 6. The van der Waals surface area contributed by atoms with Crippen LogP contribution >= 0.6 is 11.3 Å². The van der Waals surface area contributed by atoms with Crippen LogP contribution in [0.25, 0.3) is 0 Å². The van der Waals surface area contributed by atoms with Gasteiger partial charge in [0.15, 0.2) is 0 Å². The highest BCUT2D eigenvalue weighted by Gasteiger charge is 2.46. The lowest BCUT2D eigenvalue weighted by atomic mass is 9.82. The van der Waals surface area contributed by atoms with E-state index in [-0.39, 0.29) is 35.3 Å². The van der Waals surface area contributed by atoms with Gasteiger partial charge >= 0.3 is 5.97 Å². The summed E-state index contributed by atoms with van der Waals surface area (Å²) in [5.74, 6) is 6.14. The number of morpholine rings is 1. The van der Waals surface area contributed by atoms with E-state index < -0.39 is 12.0 Å². The largest absolute Gasteiger partial charge is 0.465 e. The first-order valence-electron chi connectivity index (χ1n) is 13.5. The molecule has 0 radical (unpaired) electrons. The van der Waals surface area contributed by atoms with Crippen molar-refractivity contribution in [2.24, 2.45) is 17.3 Å². The third kappa shape index (κ3) is 6.04. The molecule has 0 N–H and O–H groups in total. The highest BCUT2D eigenvalue weighted by atomic mass is 32.1. The number of nitrogens with zero attached hydrogens (tertiary/aromatic N) is 2. The number of carbonyl (C=O) groups is 3. The minimum absolute atomic E-state index is 0.0507. The van der Waals surface area contributed by atoms with Gasteiger partial charge in [0, 0.05) is 17.9 Å². The summed E-state index contributed by atoms with van der Waals surface area (Å²) < 4.78 is 10.8. The molecule has 1 aromatic heterocycles. The Morgan fingerprint density at radius 1 is 1.24 bits per heavy atom.